The molecule has 0 heterocycles. The molecule has 0 aliphatic rings. The van der Waals surface area contributed by atoms with E-state index in [9.17, 15) is 0 Å². The SMILES string of the molecule is CCCCCCCCCCC(CCCCCCCC)C(CCC)(OCCC)OCCC. The van der Waals surface area contributed by atoms with Crippen molar-refractivity contribution < 1.29 is 9.47 Å². The molecule has 0 radical (unpaired) electrons. The number of hydrogen-bond donors (Lipinski definition) is 0. The third-order valence-corrected chi connectivity index (χ3v) is 6.63. The molecule has 0 N–H and O–H groups in total. The minimum atomic E-state index is -0.342. The van der Waals surface area contributed by atoms with Crippen molar-refractivity contribution in [2.75, 3.05) is 13.2 Å². The summed E-state index contributed by atoms with van der Waals surface area (Å²) in [5.41, 5.74) is 0. The lowest BCUT2D eigenvalue weighted by Gasteiger charge is -2.41. The summed E-state index contributed by atoms with van der Waals surface area (Å²) in [7, 11) is 0. The fourth-order valence-electron chi connectivity index (χ4n) is 4.80. The minimum Gasteiger partial charge on any atom is -0.350 e. The van der Waals surface area contributed by atoms with Crippen molar-refractivity contribution in [3.63, 3.8) is 0 Å². The van der Waals surface area contributed by atoms with Gasteiger partial charge >= 0.3 is 0 Å². The van der Waals surface area contributed by atoms with Crippen molar-refractivity contribution >= 4 is 0 Å². The Morgan fingerprint density at radius 2 is 0.839 bits per heavy atom. The van der Waals surface area contributed by atoms with Crippen LogP contribution in [0.1, 0.15) is 163 Å². The molecule has 0 saturated carbocycles. The zero-order valence-electron chi connectivity index (χ0n) is 22.5. The molecule has 0 saturated heterocycles. The summed E-state index contributed by atoms with van der Waals surface area (Å²) in [6.45, 7) is 13.0. The summed E-state index contributed by atoms with van der Waals surface area (Å²) in [5.74, 6) is 0.211. The molecular formula is C29H60O2. The Morgan fingerprint density at radius 3 is 1.19 bits per heavy atom. The normalized spacial score (nSPS) is 13.1. The van der Waals surface area contributed by atoms with Gasteiger partial charge in [-0.1, -0.05) is 131 Å². The van der Waals surface area contributed by atoms with Crippen LogP contribution in [-0.2, 0) is 9.47 Å². The van der Waals surface area contributed by atoms with Crippen LogP contribution in [0.25, 0.3) is 0 Å². The monoisotopic (exact) mass is 440 g/mol. The number of rotatable bonds is 25. The summed E-state index contributed by atoms with van der Waals surface area (Å²) in [5, 5.41) is 0. The van der Waals surface area contributed by atoms with Gasteiger partial charge in [-0.05, 0) is 25.7 Å². The van der Waals surface area contributed by atoms with Crippen LogP contribution in [0.3, 0.4) is 0 Å². The van der Waals surface area contributed by atoms with Crippen LogP contribution >= 0.6 is 0 Å². The average molecular weight is 441 g/mol. The van der Waals surface area contributed by atoms with Gasteiger partial charge in [-0.3, -0.25) is 0 Å². The highest BCUT2D eigenvalue weighted by Gasteiger charge is 2.39. The fraction of sp³-hybridized carbons (Fsp3) is 1.00. The summed E-state index contributed by atoms with van der Waals surface area (Å²) in [6.07, 6.45) is 26.2. The second-order valence-electron chi connectivity index (χ2n) is 9.78. The number of ether oxygens (including phenoxy) is 2. The molecule has 0 aromatic carbocycles. The molecule has 31 heavy (non-hydrogen) atoms. The Hall–Kier alpha value is -0.0800. The summed E-state index contributed by atoms with van der Waals surface area (Å²) in [6, 6.07) is 0. The van der Waals surface area contributed by atoms with E-state index < -0.39 is 0 Å². The van der Waals surface area contributed by atoms with Crippen LogP contribution in [0.4, 0.5) is 0 Å². The molecule has 188 valence electrons. The van der Waals surface area contributed by atoms with Crippen LogP contribution in [0.5, 0.6) is 0 Å². The second kappa shape index (κ2) is 23.1. The van der Waals surface area contributed by atoms with E-state index in [1.165, 1.54) is 103 Å². The Balaban J connectivity index is 4.84. The first-order chi connectivity index (χ1) is 15.2. The second-order valence-corrected chi connectivity index (χ2v) is 9.78. The molecule has 0 fully saturated rings. The molecule has 1 unspecified atom stereocenters. The molecule has 0 rings (SSSR count). The van der Waals surface area contributed by atoms with Crippen LogP contribution in [-0.4, -0.2) is 19.0 Å². The fourth-order valence-corrected chi connectivity index (χ4v) is 4.80. The summed E-state index contributed by atoms with van der Waals surface area (Å²) < 4.78 is 13.2. The molecular weight excluding hydrogens is 380 g/mol. The van der Waals surface area contributed by atoms with Crippen LogP contribution in [0.2, 0.25) is 0 Å². The standard InChI is InChI=1S/C29H60O2/c1-6-11-13-15-17-18-20-22-24-28(23-21-19-16-14-12-7-2)29(25-8-3,30-26-9-4)31-27-10-5/h28H,6-27H2,1-5H3. The maximum Gasteiger partial charge on any atom is 0.171 e. The van der Waals surface area contributed by atoms with Gasteiger partial charge in [0.2, 0.25) is 0 Å². The predicted octanol–water partition coefficient (Wildman–Crippen LogP) is 10.2. The Bertz CT molecular complexity index is 334. The maximum absolute atomic E-state index is 6.58. The van der Waals surface area contributed by atoms with Crippen molar-refractivity contribution in [2.45, 2.75) is 169 Å². The molecule has 1 atom stereocenters. The van der Waals surface area contributed by atoms with Crippen LogP contribution in [0.15, 0.2) is 0 Å². The van der Waals surface area contributed by atoms with Gasteiger partial charge in [0, 0.05) is 25.6 Å². The molecule has 2 heteroatoms. The lowest BCUT2D eigenvalue weighted by atomic mass is 9.84. The third kappa shape index (κ3) is 16.2. The molecule has 0 spiro atoms. The van der Waals surface area contributed by atoms with Crippen LogP contribution < -0.4 is 0 Å². The Kier molecular flexibility index (Phi) is 23.0. The van der Waals surface area contributed by atoms with Gasteiger partial charge in [0.15, 0.2) is 5.79 Å². The van der Waals surface area contributed by atoms with E-state index in [4.69, 9.17) is 9.47 Å². The van der Waals surface area contributed by atoms with Crippen molar-refractivity contribution in [2.24, 2.45) is 5.92 Å². The minimum absolute atomic E-state index is 0.342. The molecule has 0 aromatic rings. The molecule has 0 aliphatic heterocycles. The van der Waals surface area contributed by atoms with E-state index in [1.54, 1.807) is 0 Å². The van der Waals surface area contributed by atoms with Crippen LogP contribution in [0, 0.1) is 5.92 Å². The number of unbranched alkanes of at least 4 members (excludes halogenated alkanes) is 12. The molecule has 0 aliphatic carbocycles. The zero-order chi connectivity index (χ0) is 23.0. The quantitative estimate of drug-likeness (QED) is 0.104. The van der Waals surface area contributed by atoms with Crippen molar-refractivity contribution in [3.8, 4) is 0 Å². The van der Waals surface area contributed by atoms with E-state index in [0.717, 1.165) is 38.9 Å². The third-order valence-electron chi connectivity index (χ3n) is 6.63. The maximum atomic E-state index is 6.58. The lowest BCUT2D eigenvalue weighted by Crippen LogP contribution is -2.44. The van der Waals surface area contributed by atoms with E-state index in [2.05, 4.69) is 34.6 Å². The zero-order valence-corrected chi connectivity index (χ0v) is 22.5. The van der Waals surface area contributed by atoms with E-state index in [-0.39, 0.29) is 5.79 Å². The van der Waals surface area contributed by atoms with Gasteiger partial charge in [0.25, 0.3) is 0 Å². The van der Waals surface area contributed by atoms with Gasteiger partial charge in [-0.2, -0.15) is 0 Å². The lowest BCUT2D eigenvalue weighted by molar-refractivity contribution is -0.274. The molecule has 0 bridgehead atoms. The Morgan fingerprint density at radius 1 is 0.452 bits per heavy atom. The average Bonchev–Trinajstić information content (AvgIpc) is 2.78. The molecule has 0 amide bonds. The van der Waals surface area contributed by atoms with Crippen molar-refractivity contribution in [3.05, 3.63) is 0 Å². The van der Waals surface area contributed by atoms with E-state index in [0.29, 0.717) is 5.92 Å². The van der Waals surface area contributed by atoms with Gasteiger partial charge in [0.05, 0.1) is 0 Å². The highest BCUT2D eigenvalue weighted by atomic mass is 16.7. The molecule has 2 nitrogen and oxygen atoms in total. The van der Waals surface area contributed by atoms with E-state index in [1.807, 2.05) is 0 Å². The van der Waals surface area contributed by atoms with Gasteiger partial charge in [-0.15, -0.1) is 0 Å². The largest absolute Gasteiger partial charge is 0.350 e. The summed E-state index contributed by atoms with van der Waals surface area (Å²) >= 11 is 0. The molecule has 0 aromatic heterocycles. The highest BCUT2D eigenvalue weighted by molar-refractivity contribution is 4.81. The predicted molar refractivity (Wildman–Crippen MR) is 139 cm³/mol. The van der Waals surface area contributed by atoms with E-state index >= 15 is 0 Å². The first-order valence-electron chi connectivity index (χ1n) is 14.5. The first kappa shape index (κ1) is 30.9. The first-order valence-corrected chi connectivity index (χ1v) is 14.5. The van der Waals surface area contributed by atoms with Gasteiger partial charge in [-0.25, -0.2) is 0 Å². The highest BCUT2D eigenvalue weighted by Crippen LogP contribution is 2.37. The smallest absolute Gasteiger partial charge is 0.171 e. The summed E-state index contributed by atoms with van der Waals surface area (Å²) in [4.78, 5) is 0. The topological polar surface area (TPSA) is 18.5 Å². The Labute approximate surface area is 197 Å². The van der Waals surface area contributed by atoms with Gasteiger partial charge in [0.1, 0.15) is 0 Å². The van der Waals surface area contributed by atoms with Crippen molar-refractivity contribution in [1.82, 2.24) is 0 Å². The van der Waals surface area contributed by atoms with Crippen molar-refractivity contribution in [1.29, 1.82) is 0 Å². The number of hydrogen-bond acceptors (Lipinski definition) is 2. The van der Waals surface area contributed by atoms with Gasteiger partial charge < -0.3 is 9.47 Å².